The van der Waals surface area contributed by atoms with Gasteiger partial charge in [-0.25, -0.2) is 0 Å². The van der Waals surface area contributed by atoms with Gasteiger partial charge in [0.15, 0.2) is 5.11 Å². The van der Waals surface area contributed by atoms with Gasteiger partial charge in [0.1, 0.15) is 5.75 Å². The van der Waals surface area contributed by atoms with Crippen molar-refractivity contribution in [2.24, 2.45) is 0 Å². The van der Waals surface area contributed by atoms with E-state index in [2.05, 4.69) is 15.4 Å². The number of thiocarbonyl (C=S) groups is 1. The van der Waals surface area contributed by atoms with Crippen LogP contribution in [0.1, 0.15) is 43.3 Å². The summed E-state index contributed by atoms with van der Waals surface area (Å²) in [5, 5.41) is 8.43. The number of benzene rings is 2. The van der Waals surface area contributed by atoms with E-state index in [1.807, 2.05) is 69.3 Å². The number of hydrogen-bond acceptors (Lipinski definition) is 6. The summed E-state index contributed by atoms with van der Waals surface area (Å²) in [6.07, 6.45) is 0.850. The summed E-state index contributed by atoms with van der Waals surface area (Å²) >= 11 is 5.76. The molecule has 0 spiro atoms. The van der Waals surface area contributed by atoms with Gasteiger partial charge in [0.25, 0.3) is 5.89 Å². The molecule has 1 aliphatic heterocycles. The Kier molecular flexibility index (Phi) is 7.59. The quantitative estimate of drug-likeness (QED) is 0.335. The van der Waals surface area contributed by atoms with E-state index in [0.29, 0.717) is 30.0 Å². The van der Waals surface area contributed by atoms with Crippen LogP contribution in [0.3, 0.4) is 0 Å². The molecule has 1 unspecified atom stereocenters. The van der Waals surface area contributed by atoms with E-state index in [-0.39, 0.29) is 6.04 Å². The van der Waals surface area contributed by atoms with Crippen LogP contribution < -0.4 is 10.1 Å². The number of allylic oxidation sites excluding steroid dienone is 1. The molecule has 0 aliphatic carbocycles. The van der Waals surface area contributed by atoms with E-state index in [0.717, 1.165) is 46.7 Å². The lowest BCUT2D eigenvalue weighted by Gasteiger charge is -2.37. The van der Waals surface area contributed by atoms with Gasteiger partial charge in [0, 0.05) is 31.0 Å². The topological polar surface area (TPSA) is 72.7 Å². The van der Waals surface area contributed by atoms with Crippen LogP contribution in [0.4, 0.5) is 0 Å². The minimum absolute atomic E-state index is 0.253. The molecule has 0 radical (unpaired) electrons. The predicted octanol–water partition coefficient (Wildman–Crippen LogP) is 5.14. The molecule has 1 N–H and O–H groups in total. The first kappa shape index (κ1) is 23.9. The van der Waals surface area contributed by atoms with Crippen molar-refractivity contribution in [1.82, 2.24) is 20.4 Å². The van der Waals surface area contributed by atoms with E-state index in [1.165, 1.54) is 0 Å². The highest BCUT2D eigenvalue weighted by Crippen LogP contribution is 2.38. The highest BCUT2D eigenvalue weighted by atomic mass is 32.1. The largest absolute Gasteiger partial charge is 0.497 e. The van der Waals surface area contributed by atoms with E-state index >= 15 is 0 Å². The smallest absolute Gasteiger partial charge is 0.258 e. The van der Waals surface area contributed by atoms with Crippen LogP contribution in [-0.2, 0) is 4.74 Å². The zero-order valence-corrected chi connectivity index (χ0v) is 20.8. The standard InChI is InChI=1S/C26H30N4O3S/c1-5-32-14-8-13-30-18(3)22(23(27-26(30)34)19-10-7-12-21(16-19)31-4)25-28-24(29-33-25)20-11-6-9-17(2)15-20/h6-7,9-12,15-16,23H,5,8,13-14H2,1-4H3,(H,27,34). The Morgan fingerprint density at radius 2 is 1.97 bits per heavy atom. The molecular formula is C26H30N4O3S. The van der Waals surface area contributed by atoms with Crippen molar-refractivity contribution in [3.05, 3.63) is 71.2 Å². The molecule has 0 saturated carbocycles. The summed E-state index contributed by atoms with van der Waals surface area (Å²) in [6.45, 7) is 8.19. The van der Waals surface area contributed by atoms with Gasteiger partial charge in [-0.1, -0.05) is 41.1 Å². The van der Waals surface area contributed by atoms with Crippen LogP contribution >= 0.6 is 12.2 Å². The molecule has 2 aromatic carbocycles. The number of nitrogens with one attached hydrogen (secondary N) is 1. The van der Waals surface area contributed by atoms with Crippen molar-refractivity contribution in [2.45, 2.75) is 33.2 Å². The molecule has 4 rings (SSSR count). The average Bonchev–Trinajstić information content (AvgIpc) is 3.33. The summed E-state index contributed by atoms with van der Waals surface area (Å²) in [4.78, 5) is 6.86. The second-order valence-electron chi connectivity index (χ2n) is 8.15. The molecular weight excluding hydrogens is 448 g/mol. The van der Waals surface area contributed by atoms with Crippen LogP contribution in [-0.4, -0.2) is 47.0 Å². The monoisotopic (exact) mass is 478 g/mol. The zero-order valence-electron chi connectivity index (χ0n) is 20.0. The first-order chi connectivity index (χ1) is 16.5. The summed E-state index contributed by atoms with van der Waals surface area (Å²) in [6, 6.07) is 15.7. The Hall–Kier alpha value is -3.23. The summed E-state index contributed by atoms with van der Waals surface area (Å²) in [5.41, 5.74) is 4.93. The van der Waals surface area contributed by atoms with Crippen molar-refractivity contribution in [1.29, 1.82) is 0 Å². The maximum Gasteiger partial charge on any atom is 0.258 e. The predicted molar refractivity (Wildman–Crippen MR) is 136 cm³/mol. The van der Waals surface area contributed by atoms with Gasteiger partial charge in [0.05, 0.1) is 18.7 Å². The number of aryl methyl sites for hydroxylation is 1. The van der Waals surface area contributed by atoms with Gasteiger partial charge in [-0.3, -0.25) is 0 Å². The third kappa shape index (κ3) is 5.13. The SMILES string of the molecule is CCOCCCN1C(=S)NC(c2cccc(OC)c2)C(c2nc(-c3cccc(C)c3)no2)=C1C. The fraction of sp³-hybridized carbons (Fsp3) is 0.346. The molecule has 1 aromatic heterocycles. The molecule has 1 atom stereocenters. The lowest BCUT2D eigenvalue weighted by atomic mass is 9.94. The molecule has 1 aliphatic rings. The number of hydrogen-bond donors (Lipinski definition) is 1. The molecule has 3 aromatic rings. The molecule has 0 saturated heterocycles. The van der Waals surface area contributed by atoms with Crippen molar-refractivity contribution in [2.75, 3.05) is 26.9 Å². The molecule has 34 heavy (non-hydrogen) atoms. The molecule has 178 valence electrons. The van der Waals surface area contributed by atoms with Crippen LogP contribution in [0.2, 0.25) is 0 Å². The van der Waals surface area contributed by atoms with Crippen LogP contribution in [0, 0.1) is 6.92 Å². The van der Waals surface area contributed by atoms with Gasteiger partial charge in [0.2, 0.25) is 5.82 Å². The maximum atomic E-state index is 5.82. The number of methoxy groups -OCH3 is 1. The molecule has 7 nitrogen and oxygen atoms in total. The fourth-order valence-corrected chi connectivity index (χ4v) is 4.45. The lowest BCUT2D eigenvalue weighted by Crippen LogP contribution is -2.46. The van der Waals surface area contributed by atoms with E-state index in [1.54, 1.807) is 7.11 Å². The van der Waals surface area contributed by atoms with Gasteiger partial charge < -0.3 is 24.2 Å². The molecule has 0 bridgehead atoms. The Labute approximate surface area is 205 Å². The summed E-state index contributed by atoms with van der Waals surface area (Å²) < 4.78 is 16.8. The number of rotatable bonds is 9. The van der Waals surface area contributed by atoms with Crippen LogP contribution in [0.25, 0.3) is 17.0 Å². The van der Waals surface area contributed by atoms with Gasteiger partial charge in [-0.05, 0) is 63.2 Å². The average molecular weight is 479 g/mol. The van der Waals surface area contributed by atoms with Crippen molar-refractivity contribution in [3.63, 3.8) is 0 Å². The van der Waals surface area contributed by atoms with Gasteiger partial charge in [-0.15, -0.1) is 0 Å². The van der Waals surface area contributed by atoms with Crippen molar-refractivity contribution >= 4 is 22.9 Å². The summed E-state index contributed by atoms with van der Waals surface area (Å²) in [5.74, 6) is 1.79. The lowest BCUT2D eigenvalue weighted by molar-refractivity contribution is 0.141. The highest BCUT2D eigenvalue weighted by molar-refractivity contribution is 7.80. The molecule has 2 heterocycles. The highest BCUT2D eigenvalue weighted by Gasteiger charge is 2.34. The first-order valence-corrected chi connectivity index (χ1v) is 11.8. The fourth-order valence-electron chi connectivity index (χ4n) is 4.10. The third-order valence-electron chi connectivity index (χ3n) is 5.83. The Morgan fingerprint density at radius 1 is 1.15 bits per heavy atom. The van der Waals surface area contributed by atoms with Gasteiger partial charge in [-0.2, -0.15) is 4.98 Å². The van der Waals surface area contributed by atoms with E-state index in [4.69, 9.17) is 31.2 Å². The molecule has 0 amide bonds. The van der Waals surface area contributed by atoms with Crippen molar-refractivity contribution in [3.8, 4) is 17.1 Å². The minimum atomic E-state index is -0.253. The normalized spacial score (nSPS) is 16.1. The van der Waals surface area contributed by atoms with E-state index in [9.17, 15) is 0 Å². The number of nitrogens with zero attached hydrogens (tertiary/aromatic N) is 3. The second kappa shape index (κ2) is 10.8. The minimum Gasteiger partial charge on any atom is -0.497 e. The molecule has 0 fully saturated rings. The zero-order chi connectivity index (χ0) is 24.1. The molecule has 8 heteroatoms. The maximum absolute atomic E-state index is 5.82. The van der Waals surface area contributed by atoms with Crippen LogP contribution in [0.5, 0.6) is 5.75 Å². The Balaban J connectivity index is 1.75. The first-order valence-electron chi connectivity index (χ1n) is 11.4. The Morgan fingerprint density at radius 3 is 2.74 bits per heavy atom. The summed E-state index contributed by atoms with van der Waals surface area (Å²) in [7, 11) is 1.66. The van der Waals surface area contributed by atoms with Gasteiger partial charge >= 0.3 is 0 Å². The third-order valence-corrected chi connectivity index (χ3v) is 6.17. The van der Waals surface area contributed by atoms with Crippen molar-refractivity contribution < 1.29 is 14.0 Å². The second-order valence-corrected chi connectivity index (χ2v) is 8.54. The number of ether oxygens (including phenoxy) is 2. The number of aromatic nitrogens is 2. The van der Waals surface area contributed by atoms with Crippen LogP contribution in [0.15, 0.2) is 58.8 Å². The van der Waals surface area contributed by atoms with E-state index < -0.39 is 0 Å². The Bertz CT molecular complexity index is 1190.